The van der Waals surface area contributed by atoms with Crippen molar-refractivity contribution in [3.63, 3.8) is 0 Å². The van der Waals surface area contributed by atoms with Crippen molar-refractivity contribution < 1.29 is 23.6 Å². The molecular weight excluding hydrogens is 300 g/mol. The zero-order valence-electron chi connectivity index (χ0n) is 10.4. The quantitative estimate of drug-likeness (QED) is 0.583. The zero-order chi connectivity index (χ0) is 15.6. The molecule has 9 heteroatoms. The number of phenolic OH excluding ortho intramolecular Hbond substituents is 2. The van der Waals surface area contributed by atoms with Crippen LogP contribution in [0.3, 0.4) is 0 Å². The summed E-state index contributed by atoms with van der Waals surface area (Å²) in [5.41, 5.74) is -0.612. The molecule has 110 valence electrons. The first kappa shape index (κ1) is 14.6. The van der Waals surface area contributed by atoms with Crippen LogP contribution in [0.5, 0.6) is 11.5 Å². The van der Waals surface area contributed by atoms with Crippen LogP contribution < -0.4 is 4.72 Å². The summed E-state index contributed by atoms with van der Waals surface area (Å²) in [6, 6.07) is 8.11. The summed E-state index contributed by atoms with van der Waals surface area (Å²) in [6.45, 7) is 0. The SMILES string of the molecule is O=[N+]([O-])c1cc(S(=O)(=O)Nc2cccc(O)c2)ccc1O. The Kier molecular flexibility index (Phi) is 3.68. The van der Waals surface area contributed by atoms with E-state index in [1.807, 2.05) is 0 Å². The fourth-order valence-electron chi connectivity index (χ4n) is 1.60. The number of nitrogens with zero attached hydrogens (tertiary/aromatic N) is 1. The van der Waals surface area contributed by atoms with Crippen LogP contribution in [0.25, 0.3) is 0 Å². The van der Waals surface area contributed by atoms with Gasteiger partial charge in [0.1, 0.15) is 5.75 Å². The van der Waals surface area contributed by atoms with E-state index in [-0.39, 0.29) is 16.3 Å². The molecule has 0 aliphatic rings. The van der Waals surface area contributed by atoms with E-state index < -0.39 is 26.4 Å². The summed E-state index contributed by atoms with van der Waals surface area (Å²) in [7, 11) is -4.08. The molecular formula is C12H10N2O6S. The minimum absolute atomic E-state index is 0.103. The Bertz CT molecular complexity index is 803. The number of rotatable bonds is 4. The van der Waals surface area contributed by atoms with Crippen molar-refractivity contribution in [1.29, 1.82) is 0 Å². The highest BCUT2D eigenvalue weighted by Crippen LogP contribution is 2.29. The lowest BCUT2D eigenvalue weighted by Gasteiger charge is -2.08. The standard InChI is InChI=1S/C12H10N2O6S/c15-9-3-1-2-8(6-9)13-21(19,20)10-4-5-12(16)11(7-10)14(17)18/h1-7,13,15-16H. The van der Waals surface area contributed by atoms with Gasteiger partial charge in [0.15, 0.2) is 5.75 Å². The number of hydrogen-bond acceptors (Lipinski definition) is 6. The fourth-order valence-corrected chi connectivity index (χ4v) is 2.67. The lowest BCUT2D eigenvalue weighted by Crippen LogP contribution is -2.13. The second-order valence-electron chi connectivity index (χ2n) is 4.06. The molecule has 0 amide bonds. The molecule has 0 unspecified atom stereocenters. The average Bonchev–Trinajstić information content (AvgIpc) is 2.38. The zero-order valence-corrected chi connectivity index (χ0v) is 11.2. The van der Waals surface area contributed by atoms with Crippen molar-refractivity contribution >= 4 is 21.4 Å². The summed E-state index contributed by atoms with van der Waals surface area (Å²) < 4.78 is 26.4. The van der Waals surface area contributed by atoms with Gasteiger partial charge in [-0.15, -0.1) is 0 Å². The van der Waals surface area contributed by atoms with Gasteiger partial charge in [0, 0.05) is 12.1 Å². The number of sulfonamides is 1. The number of hydrogen-bond donors (Lipinski definition) is 3. The van der Waals surface area contributed by atoms with Crippen LogP contribution in [0, 0.1) is 10.1 Å². The molecule has 3 N–H and O–H groups in total. The maximum Gasteiger partial charge on any atom is 0.312 e. The molecule has 0 heterocycles. The van der Waals surface area contributed by atoms with E-state index in [0.717, 1.165) is 18.2 Å². The van der Waals surface area contributed by atoms with Gasteiger partial charge in [0.05, 0.1) is 15.5 Å². The van der Waals surface area contributed by atoms with Crippen LogP contribution in [0.4, 0.5) is 11.4 Å². The summed E-state index contributed by atoms with van der Waals surface area (Å²) in [4.78, 5) is 9.44. The van der Waals surface area contributed by atoms with E-state index in [4.69, 9.17) is 0 Å². The molecule has 8 nitrogen and oxygen atoms in total. The Balaban J connectivity index is 2.40. The number of benzene rings is 2. The van der Waals surface area contributed by atoms with Gasteiger partial charge in [0.2, 0.25) is 0 Å². The molecule has 0 saturated heterocycles. The van der Waals surface area contributed by atoms with Crippen LogP contribution in [0.15, 0.2) is 47.4 Å². The van der Waals surface area contributed by atoms with Gasteiger partial charge in [-0.05, 0) is 24.3 Å². The normalized spacial score (nSPS) is 11.0. The van der Waals surface area contributed by atoms with Crippen LogP contribution >= 0.6 is 0 Å². The second-order valence-corrected chi connectivity index (χ2v) is 5.75. The lowest BCUT2D eigenvalue weighted by atomic mass is 10.3. The summed E-state index contributed by atoms with van der Waals surface area (Å²) >= 11 is 0. The summed E-state index contributed by atoms with van der Waals surface area (Å²) in [5.74, 6) is -0.761. The maximum atomic E-state index is 12.1. The van der Waals surface area contributed by atoms with E-state index in [2.05, 4.69) is 4.72 Å². The van der Waals surface area contributed by atoms with Crippen molar-refractivity contribution in [1.82, 2.24) is 0 Å². The minimum Gasteiger partial charge on any atom is -0.508 e. The first-order valence-electron chi connectivity index (χ1n) is 5.59. The Morgan fingerprint density at radius 3 is 2.43 bits per heavy atom. The number of nitro groups is 1. The van der Waals surface area contributed by atoms with E-state index in [1.54, 1.807) is 0 Å². The van der Waals surface area contributed by atoms with Crippen LogP contribution in [-0.2, 0) is 10.0 Å². The fraction of sp³-hybridized carbons (Fsp3) is 0. The molecule has 0 aliphatic heterocycles. The van der Waals surface area contributed by atoms with Gasteiger partial charge in [-0.2, -0.15) is 0 Å². The number of nitrogens with one attached hydrogen (secondary N) is 1. The first-order valence-corrected chi connectivity index (χ1v) is 7.07. The maximum absolute atomic E-state index is 12.1. The van der Waals surface area contributed by atoms with E-state index in [0.29, 0.717) is 0 Å². The van der Waals surface area contributed by atoms with Crippen molar-refractivity contribution in [2.24, 2.45) is 0 Å². The van der Waals surface area contributed by atoms with Crippen molar-refractivity contribution in [3.05, 3.63) is 52.6 Å². The molecule has 0 spiro atoms. The molecule has 0 aliphatic carbocycles. The third kappa shape index (κ3) is 3.20. The first-order chi connectivity index (χ1) is 9.79. The Morgan fingerprint density at radius 2 is 1.81 bits per heavy atom. The third-order valence-electron chi connectivity index (χ3n) is 2.55. The highest BCUT2D eigenvalue weighted by molar-refractivity contribution is 7.92. The molecule has 2 aromatic carbocycles. The smallest absolute Gasteiger partial charge is 0.312 e. The number of phenols is 2. The van der Waals surface area contributed by atoms with Crippen molar-refractivity contribution in [2.75, 3.05) is 4.72 Å². The van der Waals surface area contributed by atoms with E-state index in [9.17, 15) is 28.7 Å². The van der Waals surface area contributed by atoms with E-state index in [1.165, 1.54) is 24.3 Å². The topological polar surface area (TPSA) is 130 Å². The molecule has 2 rings (SSSR count). The summed E-state index contributed by atoms with van der Waals surface area (Å²) in [6.07, 6.45) is 0. The Hall–Kier alpha value is -2.81. The third-order valence-corrected chi connectivity index (χ3v) is 3.93. The number of nitro benzene ring substituents is 1. The predicted octanol–water partition coefficient (Wildman–Crippen LogP) is 1.81. The number of aromatic hydroxyl groups is 2. The van der Waals surface area contributed by atoms with Gasteiger partial charge < -0.3 is 10.2 Å². The molecule has 0 bridgehead atoms. The largest absolute Gasteiger partial charge is 0.508 e. The molecule has 0 fully saturated rings. The monoisotopic (exact) mass is 310 g/mol. The minimum atomic E-state index is -4.08. The molecule has 0 saturated carbocycles. The van der Waals surface area contributed by atoms with Crippen LogP contribution in [0.2, 0.25) is 0 Å². The van der Waals surface area contributed by atoms with Gasteiger partial charge in [-0.25, -0.2) is 8.42 Å². The molecule has 21 heavy (non-hydrogen) atoms. The van der Waals surface area contributed by atoms with Crippen LogP contribution in [-0.4, -0.2) is 23.6 Å². The highest BCUT2D eigenvalue weighted by atomic mass is 32.2. The summed E-state index contributed by atoms with van der Waals surface area (Å²) in [5, 5.41) is 29.3. The van der Waals surface area contributed by atoms with Gasteiger partial charge >= 0.3 is 5.69 Å². The molecule has 2 aromatic rings. The Labute approximate surface area is 119 Å². The van der Waals surface area contributed by atoms with Crippen molar-refractivity contribution in [2.45, 2.75) is 4.90 Å². The molecule has 0 aromatic heterocycles. The highest BCUT2D eigenvalue weighted by Gasteiger charge is 2.21. The van der Waals surface area contributed by atoms with E-state index >= 15 is 0 Å². The van der Waals surface area contributed by atoms with Crippen LogP contribution in [0.1, 0.15) is 0 Å². The molecule has 0 radical (unpaired) electrons. The lowest BCUT2D eigenvalue weighted by molar-refractivity contribution is -0.386. The number of anilines is 1. The van der Waals surface area contributed by atoms with Gasteiger partial charge in [-0.1, -0.05) is 6.07 Å². The van der Waals surface area contributed by atoms with Crippen molar-refractivity contribution in [3.8, 4) is 11.5 Å². The van der Waals surface area contributed by atoms with Gasteiger partial charge in [0.25, 0.3) is 10.0 Å². The Morgan fingerprint density at radius 1 is 1.10 bits per heavy atom. The van der Waals surface area contributed by atoms with Gasteiger partial charge in [-0.3, -0.25) is 14.8 Å². The predicted molar refractivity (Wildman–Crippen MR) is 73.7 cm³/mol. The second kappa shape index (κ2) is 5.29. The average molecular weight is 310 g/mol. The molecule has 0 atom stereocenters.